The van der Waals surface area contributed by atoms with Crippen LogP contribution in [-0.2, 0) is 10.0 Å². The maximum absolute atomic E-state index is 12.3. The van der Waals surface area contributed by atoms with Crippen LogP contribution < -0.4 is 4.72 Å². The Hall–Kier alpha value is -0.990. The molecule has 1 aliphatic carbocycles. The Labute approximate surface area is 151 Å². The normalized spacial score (nSPS) is 22.8. The first-order valence-corrected chi connectivity index (χ1v) is 10.5. The van der Waals surface area contributed by atoms with Gasteiger partial charge in [-0.25, -0.2) is 23.1 Å². The van der Waals surface area contributed by atoms with Crippen molar-refractivity contribution in [1.29, 1.82) is 0 Å². The van der Waals surface area contributed by atoms with Gasteiger partial charge in [0.05, 0.1) is 10.9 Å². The summed E-state index contributed by atoms with van der Waals surface area (Å²) in [6, 6.07) is 2.08. The van der Waals surface area contributed by atoms with Crippen molar-refractivity contribution >= 4 is 37.1 Å². The van der Waals surface area contributed by atoms with Crippen LogP contribution in [0, 0.1) is 0 Å². The molecule has 3 rings (SSSR count). The van der Waals surface area contributed by atoms with Crippen LogP contribution in [0.25, 0.3) is 11.2 Å². The fourth-order valence-corrected chi connectivity index (χ4v) is 4.36. The minimum atomic E-state index is -3.29. The predicted octanol–water partition coefficient (Wildman–Crippen LogP) is 3.46. The van der Waals surface area contributed by atoms with Gasteiger partial charge in [0.2, 0.25) is 10.0 Å². The standard InChI is InChI=1S/C16H23BrN4O2S/c1-16(2,3)24(22,23)21-11-6-4-10(5-7-11)12-8-13-15(20-12)18-9-14(17)19-13/h8-11,21H,4-7H2,1-3H3,(H,18,20)/t10-,11-. The summed E-state index contributed by atoms with van der Waals surface area (Å²) in [6.07, 6.45) is 5.28. The van der Waals surface area contributed by atoms with Crippen molar-refractivity contribution in [2.75, 3.05) is 0 Å². The van der Waals surface area contributed by atoms with Gasteiger partial charge in [-0.3, -0.25) is 0 Å². The lowest BCUT2D eigenvalue weighted by molar-refractivity contribution is 0.368. The van der Waals surface area contributed by atoms with E-state index in [1.807, 2.05) is 0 Å². The molecule has 0 atom stereocenters. The minimum Gasteiger partial charge on any atom is -0.342 e. The smallest absolute Gasteiger partial charge is 0.216 e. The third-order valence-electron chi connectivity index (χ3n) is 4.62. The van der Waals surface area contributed by atoms with Gasteiger partial charge in [-0.15, -0.1) is 0 Å². The Bertz CT molecular complexity index is 833. The first-order chi connectivity index (χ1) is 11.2. The van der Waals surface area contributed by atoms with E-state index in [2.05, 4.69) is 41.7 Å². The average molecular weight is 415 g/mol. The number of sulfonamides is 1. The number of hydrogen-bond acceptors (Lipinski definition) is 4. The summed E-state index contributed by atoms with van der Waals surface area (Å²) in [7, 11) is -3.29. The van der Waals surface area contributed by atoms with Crippen molar-refractivity contribution in [1.82, 2.24) is 19.7 Å². The molecule has 2 aromatic rings. The van der Waals surface area contributed by atoms with Crippen LogP contribution in [0.15, 0.2) is 16.9 Å². The molecule has 1 fully saturated rings. The lowest BCUT2D eigenvalue weighted by atomic mass is 9.84. The van der Waals surface area contributed by atoms with E-state index in [0.717, 1.165) is 47.1 Å². The zero-order valence-corrected chi connectivity index (χ0v) is 16.5. The van der Waals surface area contributed by atoms with E-state index < -0.39 is 14.8 Å². The van der Waals surface area contributed by atoms with Crippen LogP contribution in [0.5, 0.6) is 0 Å². The molecular formula is C16H23BrN4O2S. The van der Waals surface area contributed by atoms with Crippen LogP contribution in [-0.4, -0.2) is 34.2 Å². The van der Waals surface area contributed by atoms with E-state index in [1.165, 1.54) is 0 Å². The summed E-state index contributed by atoms with van der Waals surface area (Å²) in [5.41, 5.74) is 2.79. The molecule has 0 amide bonds. The summed E-state index contributed by atoms with van der Waals surface area (Å²) in [5, 5.41) is 0. The molecule has 0 unspecified atom stereocenters. The second kappa shape index (κ2) is 6.38. The minimum absolute atomic E-state index is 0.0280. The summed E-state index contributed by atoms with van der Waals surface area (Å²) in [4.78, 5) is 12.1. The molecular weight excluding hydrogens is 392 g/mol. The fourth-order valence-electron chi connectivity index (χ4n) is 3.04. The zero-order valence-electron chi connectivity index (χ0n) is 14.1. The van der Waals surface area contributed by atoms with Gasteiger partial charge < -0.3 is 4.98 Å². The fraction of sp³-hybridized carbons (Fsp3) is 0.625. The van der Waals surface area contributed by atoms with Gasteiger partial charge in [0.1, 0.15) is 10.1 Å². The van der Waals surface area contributed by atoms with Crippen molar-refractivity contribution < 1.29 is 8.42 Å². The molecule has 24 heavy (non-hydrogen) atoms. The molecule has 132 valence electrons. The molecule has 0 aliphatic heterocycles. The van der Waals surface area contributed by atoms with E-state index in [-0.39, 0.29) is 6.04 Å². The number of halogens is 1. The van der Waals surface area contributed by atoms with Gasteiger partial charge in [-0.1, -0.05) is 0 Å². The largest absolute Gasteiger partial charge is 0.342 e. The molecule has 0 spiro atoms. The van der Waals surface area contributed by atoms with Gasteiger partial charge >= 0.3 is 0 Å². The van der Waals surface area contributed by atoms with Crippen LogP contribution in [0.2, 0.25) is 0 Å². The number of rotatable bonds is 3. The van der Waals surface area contributed by atoms with E-state index in [0.29, 0.717) is 5.92 Å². The summed E-state index contributed by atoms with van der Waals surface area (Å²) in [5.74, 6) is 0.398. The van der Waals surface area contributed by atoms with Gasteiger partial charge in [0.15, 0.2) is 5.65 Å². The number of hydrogen-bond donors (Lipinski definition) is 2. The number of fused-ring (bicyclic) bond motifs is 1. The second-order valence-electron chi connectivity index (χ2n) is 7.43. The quantitative estimate of drug-likeness (QED) is 0.804. The highest BCUT2D eigenvalue weighted by Gasteiger charge is 2.33. The molecule has 2 heterocycles. The second-order valence-corrected chi connectivity index (χ2v) is 10.7. The van der Waals surface area contributed by atoms with Crippen molar-refractivity contribution in [3.05, 3.63) is 22.6 Å². The lowest BCUT2D eigenvalue weighted by Gasteiger charge is -2.31. The van der Waals surface area contributed by atoms with Gasteiger partial charge in [0.25, 0.3) is 0 Å². The Morgan fingerprint density at radius 3 is 2.54 bits per heavy atom. The molecule has 8 heteroatoms. The number of aromatic amines is 1. The number of aromatic nitrogens is 3. The first kappa shape index (κ1) is 17.8. The average Bonchev–Trinajstić information content (AvgIpc) is 2.89. The molecule has 2 N–H and O–H groups in total. The third-order valence-corrected chi connectivity index (χ3v) is 7.26. The van der Waals surface area contributed by atoms with Crippen LogP contribution >= 0.6 is 15.9 Å². The summed E-state index contributed by atoms with van der Waals surface area (Å²) < 4.78 is 27.4. The Kier molecular flexibility index (Phi) is 4.74. The van der Waals surface area contributed by atoms with E-state index in [4.69, 9.17) is 0 Å². The Morgan fingerprint density at radius 2 is 1.92 bits per heavy atom. The SMILES string of the molecule is CC(C)(C)S(=O)(=O)N[C@H]1CC[C@H](c2cc3nc(Br)cnc3[nH]2)CC1. The number of nitrogens with zero attached hydrogens (tertiary/aromatic N) is 2. The number of H-pyrrole nitrogens is 1. The highest BCUT2D eigenvalue weighted by Crippen LogP contribution is 2.34. The van der Waals surface area contributed by atoms with Gasteiger partial charge in [-0.05, 0) is 74.4 Å². The van der Waals surface area contributed by atoms with Crippen molar-refractivity contribution in [3.8, 4) is 0 Å². The monoisotopic (exact) mass is 414 g/mol. The van der Waals surface area contributed by atoms with E-state index >= 15 is 0 Å². The van der Waals surface area contributed by atoms with Crippen LogP contribution in [0.4, 0.5) is 0 Å². The summed E-state index contributed by atoms with van der Waals surface area (Å²) >= 11 is 3.34. The molecule has 0 saturated heterocycles. The molecule has 1 saturated carbocycles. The van der Waals surface area contributed by atoms with Gasteiger partial charge in [0, 0.05) is 11.7 Å². The van der Waals surface area contributed by atoms with Gasteiger partial charge in [-0.2, -0.15) is 0 Å². The molecule has 0 aromatic carbocycles. The van der Waals surface area contributed by atoms with Crippen molar-refractivity contribution in [2.24, 2.45) is 0 Å². The first-order valence-electron chi connectivity index (χ1n) is 8.19. The van der Waals surface area contributed by atoms with E-state index in [1.54, 1.807) is 27.0 Å². The zero-order chi connectivity index (χ0) is 17.5. The maximum atomic E-state index is 12.3. The Morgan fingerprint density at radius 1 is 1.25 bits per heavy atom. The molecule has 1 aliphatic rings. The van der Waals surface area contributed by atoms with Crippen LogP contribution in [0.3, 0.4) is 0 Å². The topological polar surface area (TPSA) is 87.7 Å². The van der Waals surface area contributed by atoms with Crippen LogP contribution in [0.1, 0.15) is 58.1 Å². The molecule has 6 nitrogen and oxygen atoms in total. The molecule has 0 radical (unpaired) electrons. The summed E-state index contributed by atoms with van der Waals surface area (Å²) in [6.45, 7) is 5.18. The Balaban J connectivity index is 1.66. The number of nitrogens with one attached hydrogen (secondary N) is 2. The molecule has 2 aromatic heterocycles. The third kappa shape index (κ3) is 3.65. The lowest BCUT2D eigenvalue weighted by Crippen LogP contribution is -2.45. The predicted molar refractivity (Wildman–Crippen MR) is 98.4 cm³/mol. The van der Waals surface area contributed by atoms with Crippen molar-refractivity contribution in [3.63, 3.8) is 0 Å². The van der Waals surface area contributed by atoms with E-state index in [9.17, 15) is 8.42 Å². The highest BCUT2D eigenvalue weighted by atomic mass is 79.9. The maximum Gasteiger partial charge on any atom is 0.216 e. The highest BCUT2D eigenvalue weighted by molar-refractivity contribution is 9.10. The van der Waals surface area contributed by atoms with Crippen molar-refractivity contribution in [2.45, 2.75) is 63.2 Å². The molecule has 0 bridgehead atoms.